The predicted molar refractivity (Wildman–Crippen MR) is 70.8 cm³/mol. The summed E-state index contributed by atoms with van der Waals surface area (Å²) < 4.78 is 25.2. The third-order valence-corrected chi connectivity index (χ3v) is 4.62. The summed E-state index contributed by atoms with van der Waals surface area (Å²) in [6.07, 6.45) is 0.554. The van der Waals surface area contributed by atoms with Gasteiger partial charge in [0.15, 0.2) is 0 Å². The minimum atomic E-state index is -3.29. The van der Waals surface area contributed by atoms with E-state index >= 15 is 0 Å². The second-order valence-electron chi connectivity index (χ2n) is 4.46. The van der Waals surface area contributed by atoms with Gasteiger partial charge in [0.2, 0.25) is 15.9 Å². The Labute approximate surface area is 109 Å². The number of likely N-dealkylation sites (N-methyl/N-ethyl adjacent to an activating group) is 1. The summed E-state index contributed by atoms with van der Waals surface area (Å²) in [5.74, 6) is -0.0606. The molecule has 1 fully saturated rings. The molecule has 0 aromatic carbocycles. The van der Waals surface area contributed by atoms with Gasteiger partial charge in [0.25, 0.3) is 0 Å². The Morgan fingerprint density at radius 1 is 1.17 bits per heavy atom. The average Bonchev–Trinajstić information content (AvgIpc) is 2.36. The summed E-state index contributed by atoms with van der Waals surface area (Å²) in [5.41, 5.74) is 0. The lowest BCUT2D eigenvalue weighted by Gasteiger charge is -2.34. The van der Waals surface area contributed by atoms with Gasteiger partial charge in [0.05, 0.1) is 12.3 Å². The highest BCUT2D eigenvalue weighted by molar-refractivity contribution is 7.89. The van der Waals surface area contributed by atoms with Crippen molar-refractivity contribution >= 4 is 15.9 Å². The van der Waals surface area contributed by atoms with Gasteiger partial charge in [0.1, 0.15) is 0 Å². The number of hydrogen-bond donors (Lipinski definition) is 1. The van der Waals surface area contributed by atoms with E-state index in [1.807, 2.05) is 0 Å². The zero-order chi connectivity index (χ0) is 13.6. The molecular weight excluding hydrogens is 254 g/mol. The van der Waals surface area contributed by atoms with E-state index in [1.165, 1.54) is 0 Å². The highest BCUT2D eigenvalue weighted by Gasteiger charge is 2.21. The molecular formula is C11H23N3O3S. The quantitative estimate of drug-likeness (QED) is 0.709. The van der Waals surface area contributed by atoms with Crippen LogP contribution in [0.25, 0.3) is 0 Å². The number of nitrogens with zero attached hydrogens (tertiary/aromatic N) is 2. The summed E-state index contributed by atoms with van der Waals surface area (Å²) in [7, 11) is -3.29. The van der Waals surface area contributed by atoms with Crippen LogP contribution in [0.5, 0.6) is 0 Å². The van der Waals surface area contributed by atoms with E-state index in [0.29, 0.717) is 19.5 Å². The average molecular weight is 277 g/mol. The Bertz CT molecular complexity index is 362. The highest BCUT2D eigenvalue weighted by Crippen LogP contribution is 2.01. The van der Waals surface area contributed by atoms with Gasteiger partial charge in [-0.3, -0.25) is 4.79 Å². The molecule has 0 saturated carbocycles. The first-order valence-corrected chi connectivity index (χ1v) is 8.11. The summed E-state index contributed by atoms with van der Waals surface area (Å²) in [6.45, 7) is 7.86. The molecule has 0 atom stereocenters. The number of amides is 1. The number of sulfonamides is 1. The van der Waals surface area contributed by atoms with Crippen LogP contribution in [0.1, 0.15) is 20.3 Å². The smallest absolute Gasteiger partial charge is 0.237 e. The van der Waals surface area contributed by atoms with Crippen molar-refractivity contribution in [3.05, 3.63) is 0 Å². The molecule has 0 aromatic rings. The van der Waals surface area contributed by atoms with E-state index in [4.69, 9.17) is 0 Å². The molecule has 7 heteroatoms. The zero-order valence-electron chi connectivity index (χ0n) is 11.2. The Kier molecular flexibility index (Phi) is 6.04. The van der Waals surface area contributed by atoms with E-state index in [0.717, 1.165) is 19.6 Å². The third-order valence-electron chi connectivity index (χ3n) is 3.09. The first kappa shape index (κ1) is 15.4. The fourth-order valence-corrected chi connectivity index (χ4v) is 2.96. The van der Waals surface area contributed by atoms with E-state index in [1.54, 1.807) is 11.8 Å². The molecule has 0 bridgehead atoms. The fraction of sp³-hybridized carbons (Fsp3) is 0.909. The molecule has 18 heavy (non-hydrogen) atoms. The second-order valence-corrected chi connectivity index (χ2v) is 6.38. The highest BCUT2D eigenvalue weighted by atomic mass is 32.2. The molecule has 0 spiro atoms. The van der Waals surface area contributed by atoms with Crippen molar-refractivity contribution in [1.82, 2.24) is 14.5 Å². The van der Waals surface area contributed by atoms with Crippen LogP contribution in [0.15, 0.2) is 0 Å². The van der Waals surface area contributed by atoms with Crippen LogP contribution in [0.3, 0.4) is 0 Å². The second kappa shape index (κ2) is 7.06. The molecule has 1 rings (SSSR count). The maximum Gasteiger partial charge on any atom is 0.237 e. The van der Waals surface area contributed by atoms with Crippen LogP contribution >= 0.6 is 0 Å². The van der Waals surface area contributed by atoms with Crippen molar-refractivity contribution in [2.24, 2.45) is 0 Å². The van der Waals surface area contributed by atoms with E-state index in [-0.39, 0.29) is 18.2 Å². The molecule has 0 radical (unpaired) electrons. The lowest BCUT2D eigenvalue weighted by molar-refractivity contribution is -0.131. The molecule has 1 aliphatic heterocycles. The summed E-state index contributed by atoms with van der Waals surface area (Å²) >= 11 is 0. The van der Waals surface area contributed by atoms with Crippen molar-refractivity contribution in [2.75, 3.05) is 45.0 Å². The normalized spacial score (nSPS) is 18.0. The Balaban J connectivity index is 2.34. The Morgan fingerprint density at radius 2 is 1.78 bits per heavy atom. The maximum atomic E-state index is 11.8. The minimum Gasteiger partial charge on any atom is -0.339 e. The fourth-order valence-electron chi connectivity index (χ4n) is 1.94. The lowest BCUT2D eigenvalue weighted by atomic mass is 10.3. The lowest BCUT2D eigenvalue weighted by Crippen LogP contribution is -2.51. The van der Waals surface area contributed by atoms with Crippen LogP contribution in [0, 0.1) is 0 Å². The number of piperazine rings is 1. The summed E-state index contributed by atoms with van der Waals surface area (Å²) in [6, 6.07) is 0. The van der Waals surface area contributed by atoms with Gasteiger partial charge in [-0.2, -0.15) is 0 Å². The molecule has 6 nitrogen and oxygen atoms in total. The van der Waals surface area contributed by atoms with E-state index in [2.05, 4.69) is 16.5 Å². The SMILES string of the molecule is CCCS(=O)(=O)NCC(=O)N1CCN(CC)CC1. The number of carbonyl (C=O) groups is 1. The zero-order valence-corrected chi connectivity index (χ0v) is 12.0. The van der Waals surface area contributed by atoms with Gasteiger partial charge in [-0.05, 0) is 13.0 Å². The maximum absolute atomic E-state index is 11.8. The molecule has 1 amide bonds. The largest absolute Gasteiger partial charge is 0.339 e. The third kappa shape index (κ3) is 4.91. The van der Waals surface area contributed by atoms with Crippen molar-refractivity contribution in [2.45, 2.75) is 20.3 Å². The van der Waals surface area contributed by atoms with Gasteiger partial charge < -0.3 is 9.80 Å². The van der Waals surface area contributed by atoms with Crippen molar-refractivity contribution in [1.29, 1.82) is 0 Å². The van der Waals surface area contributed by atoms with Gasteiger partial charge >= 0.3 is 0 Å². The van der Waals surface area contributed by atoms with Crippen LogP contribution in [-0.4, -0.2) is 69.1 Å². The standard InChI is InChI=1S/C11H23N3O3S/c1-3-9-18(16,17)12-10-11(15)14-7-5-13(4-2)6-8-14/h12H,3-10H2,1-2H3. The molecule has 0 unspecified atom stereocenters. The van der Waals surface area contributed by atoms with Crippen LogP contribution in [0.2, 0.25) is 0 Å². The number of carbonyl (C=O) groups excluding carboxylic acids is 1. The summed E-state index contributed by atoms with van der Waals surface area (Å²) in [5, 5.41) is 0. The monoisotopic (exact) mass is 277 g/mol. The predicted octanol–water partition coefficient (Wildman–Crippen LogP) is -0.520. The van der Waals surface area contributed by atoms with E-state index < -0.39 is 10.0 Å². The number of rotatable bonds is 6. The van der Waals surface area contributed by atoms with Gasteiger partial charge in [-0.15, -0.1) is 0 Å². The molecule has 0 aromatic heterocycles. The number of hydrogen-bond acceptors (Lipinski definition) is 4. The first-order valence-electron chi connectivity index (χ1n) is 6.46. The van der Waals surface area contributed by atoms with Crippen molar-refractivity contribution in [3.63, 3.8) is 0 Å². The van der Waals surface area contributed by atoms with Crippen LogP contribution in [0.4, 0.5) is 0 Å². The minimum absolute atomic E-state index is 0.0733. The van der Waals surface area contributed by atoms with Crippen molar-refractivity contribution < 1.29 is 13.2 Å². The first-order chi connectivity index (χ1) is 8.48. The summed E-state index contributed by atoms with van der Waals surface area (Å²) in [4.78, 5) is 15.8. The van der Waals surface area contributed by atoms with Crippen LogP contribution in [-0.2, 0) is 14.8 Å². The molecule has 1 aliphatic rings. The van der Waals surface area contributed by atoms with E-state index in [9.17, 15) is 13.2 Å². The molecule has 1 heterocycles. The molecule has 1 saturated heterocycles. The Hall–Kier alpha value is -0.660. The Morgan fingerprint density at radius 3 is 2.28 bits per heavy atom. The number of nitrogens with one attached hydrogen (secondary N) is 1. The van der Waals surface area contributed by atoms with Gasteiger partial charge in [0, 0.05) is 26.2 Å². The topological polar surface area (TPSA) is 69.7 Å². The van der Waals surface area contributed by atoms with Crippen LogP contribution < -0.4 is 4.72 Å². The molecule has 106 valence electrons. The van der Waals surface area contributed by atoms with Crippen molar-refractivity contribution in [3.8, 4) is 0 Å². The molecule has 1 N–H and O–H groups in total. The molecule has 0 aliphatic carbocycles. The van der Waals surface area contributed by atoms with Gasteiger partial charge in [-0.25, -0.2) is 13.1 Å². The van der Waals surface area contributed by atoms with Gasteiger partial charge in [-0.1, -0.05) is 13.8 Å².